The summed E-state index contributed by atoms with van der Waals surface area (Å²) in [7, 11) is 0. The molecule has 1 nitrogen and oxygen atoms in total. The molecule has 0 saturated heterocycles. The molecule has 0 bridgehead atoms. The maximum atomic E-state index is 5.81. The monoisotopic (exact) mass is 135 g/mol. The van der Waals surface area contributed by atoms with E-state index in [1.54, 1.807) is 0 Å². The van der Waals surface area contributed by atoms with Gasteiger partial charge in [0.25, 0.3) is 0 Å². The molecule has 0 aromatic carbocycles. The second kappa shape index (κ2) is 2.24. The van der Waals surface area contributed by atoms with Gasteiger partial charge in [-0.05, 0) is 36.8 Å². The molecule has 0 aromatic heterocycles. The zero-order valence-electron chi connectivity index (χ0n) is 6.14. The lowest BCUT2D eigenvalue weighted by molar-refractivity contribution is 0.735. The predicted octanol–water partition coefficient (Wildman–Crippen LogP) is 1.75. The van der Waals surface area contributed by atoms with Crippen LogP contribution in [0.1, 0.15) is 25.7 Å². The first-order valence-electron chi connectivity index (χ1n) is 4.00. The van der Waals surface area contributed by atoms with E-state index in [0.717, 1.165) is 12.8 Å². The molecule has 0 spiro atoms. The second-order valence-electron chi connectivity index (χ2n) is 3.20. The normalized spacial score (nSPS) is 25.7. The van der Waals surface area contributed by atoms with E-state index in [0.29, 0.717) is 6.04 Å². The molecule has 1 fully saturated rings. The lowest BCUT2D eigenvalue weighted by Crippen LogP contribution is -2.13. The molecule has 2 rings (SSSR count). The van der Waals surface area contributed by atoms with Crippen LogP contribution in [0.15, 0.2) is 23.3 Å². The molecule has 0 heterocycles. The number of hydrogen-bond donors (Lipinski definition) is 1. The average molecular weight is 135 g/mol. The molecule has 10 heavy (non-hydrogen) atoms. The highest BCUT2D eigenvalue weighted by molar-refractivity contribution is 5.39. The van der Waals surface area contributed by atoms with Gasteiger partial charge in [-0.25, -0.2) is 0 Å². The van der Waals surface area contributed by atoms with Crippen LogP contribution < -0.4 is 5.73 Å². The SMILES string of the molecule is NC1CC2=CCCC=C2C1. The molecule has 0 radical (unpaired) electrons. The highest BCUT2D eigenvalue weighted by atomic mass is 14.6. The van der Waals surface area contributed by atoms with Crippen molar-refractivity contribution in [2.45, 2.75) is 31.7 Å². The molecule has 0 aliphatic heterocycles. The average Bonchev–Trinajstić information content (AvgIpc) is 2.27. The summed E-state index contributed by atoms with van der Waals surface area (Å²) in [6.07, 6.45) is 9.39. The Morgan fingerprint density at radius 3 is 2.10 bits per heavy atom. The van der Waals surface area contributed by atoms with Gasteiger partial charge in [0.15, 0.2) is 0 Å². The summed E-state index contributed by atoms with van der Waals surface area (Å²) >= 11 is 0. The standard InChI is InChI=1S/C9H13N/c10-9-5-7-3-1-2-4-8(7)6-9/h3-4,9H,1-2,5-6,10H2. The Kier molecular flexibility index (Phi) is 1.38. The molecule has 2 N–H and O–H groups in total. The van der Waals surface area contributed by atoms with E-state index in [1.807, 2.05) is 0 Å². The summed E-state index contributed by atoms with van der Waals surface area (Å²) < 4.78 is 0. The van der Waals surface area contributed by atoms with E-state index < -0.39 is 0 Å². The van der Waals surface area contributed by atoms with Crippen molar-refractivity contribution in [3.63, 3.8) is 0 Å². The molecule has 2 aliphatic carbocycles. The van der Waals surface area contributed by atoms with Crippen molar-refractivity contribution in [3.05, 3.63) is 23.3 Å². The van der Waals surface area contributed by atoms with Gasteiger partial charge >= 0.3 is 0 Å². The zero-order chi connectivity index (χ0) is 6.97. The van der Waals surface area contributed by atoms with Crippen molar-refractivity contribution in [1.29, 1.82) is 0 Å². The van der Waals surface area contributed by atoms with Crippen LogP contribution in [-0.4, -0.2) is 6.04 Å². The molecule has 0 aromatic rings. The van der Waals surface area contributed by atoms with Crippen molar-refractivity contribution >= 4 is 0 Å². The number of rotatable bonds is 0. The molecule has 0 amide bonds. The Bertz CT molecular complexity index is 179. The van der Waals surface area contributed by atoms with Crippen LogP contribution in [0.2, 0.25) is 0 Å². The Hall–Kier alpha value is -0.560. The van der Waals surface area contributed by atoms with Crippen molar-refractivity contribution in [2.24, 2.45) is 5.73 Å². The van der Waals surface area contributed by atoms with Gasteiger partial charge in [0.05, 0.1) is 0 Å². The van der Waals surface area contributed by atoms with Gasteiger partial charge in [-0.15, -0.1) is 0 Å². The van der Waals surface area contributed by atoms with E-state index in [2.05, 4.69) is 12.2 Å². The minimum Gasteiger partial charge on any atom is -0.327 e. The van der Waals surface area contributed by atoms with Crippen LogP contribution in [0.5, 0.6) is 0 Å². The lowest BCUT2D eigenvalue weighted by Gasteiger charge is -2.05. The second-order valence-corrected chi connectivity index (χ2v) is 3.20. The third-order valence-electron chi connectivity index (χ3n) is 2.32. The number of hydrogen-bond acceptors (Lipinski definition) is 1. The van der Waals surface area contributed by atoms with E-state index >= 15 is 0 Å². The van der Waals surface area contributed by atoms with Gasteiger partial charge in [-0.1, -0.05) is 12.2 Å². The predicted molar refractivity (Wildman–Crippen MR) is 42.6 cm³/mol. The highest BCUT2D eigenvalue weighted by Gasteiger charge is 2.21. The fourth-order valence-corrected chi connectivity index (χ4v) is 1.84. The Morgan fingerprint density at radius 2 is 1.60 bits per heavy atom. The summed E-state index contributed by atoms with van der Waals surface area (Å²) in [5.74, 6) is 0. The molecule has 2 aliphatic rings. The molecule has 1 saturated carbocycles. The summed E-state index contributed by atoms with van der Waals surface area (Å²) in [4.78, 5) is 0. The third kappa shape index (κ3) is 0.907. The first-order valence-corrected chi connectivity index (χ1v) is 4.00. The van der Waals surface area contributed by atoms with Gasteiger partial charge in [0, 0.05) is 6.04 Å². The molecular formula is C9H13N. The Morgan fingerprint density at radius 1 is 1.10 bits per heavy atom. The van der Waals surface area contributed by atoms with Crippen LogP contribution in [-0.2, 0) is 0 Å². The first kappa shape index (κ1) is 6.17. The van der Waals surface area contributed by atoms with Gasteiger partial charge in [-0.3, -0.25) is 0 Å². The zero-order valence-corrected chi connectivity index (χ0v) is 6.14. The Balaban J connectivity index is 2.25. The van der Waals surface area contributed by atoms with Crippen LogP contribution in [0, 0.1) is 0 Å². The van der Waals surface area contributed by atoms with E-state index in [9.17, 15) is 0 Å². The van der Waals surface area contributed by atoms with Crippen molar-refractivity contribution < 1.29 is 0 Å². The number of fused-ring (bicyclic) bond motifs is 1. The maximum Gasteiger partial charge on any atom is 0.0120 e. The summed E-state index contributed by atoms with van der Waals surface area (Å²) in [6.45, 7) is 0. The maximum absolute atomic E-state index is 5.81. The van der Waals surface area contributed by atoms with Crippen LogP contribution in [0.3, 0.4) is 0 Å². The molecule has 0 unspecified atom stereocenters. The van der Waals surface area contributed by atoms with Crippen LogP contribution in [0.25, 0.3) is 0 Å². The smallest absolute Gasteiger partial charge is 0.0120 e. The van der Waals surface area contributed by atoms with E-state index in [1.165, 1.54) is 24.0 Å². The van der Waals surface area contributed by atoms with E-state index in [-0.39, 0.29) is 0 Å². The minimum atomic E-state index is 0.413. The van der Waals surface area contributed by atoms with Crippen LogP contribution >= 0.6 is 0 Å². The number of allylic oxidation sites excluding steroid dienone is 2. The summed E-state index contributed by atoms with van der Waals surface area (Å²) in [5, 5.41) is 0. The van der Waals surface area contributed by atoms with Crippen molar-refractivity contribution in [1.82, 2.24) is 0 Å². The third-order valence-corrected chi connectivity index (χ3v) is 2.32. The van der Waals surface area contributed by atoms with Gasteiger partial charge in [-0.2, -0.15) is 0 Å². The fraction of sp³-hybridized carbons (Fsp3) is 0.556. The largest absolute Gasteiger partial charge is 0.327 e. The van der Waals surface area contributed by atoms with Gasteiger partial charge in [0.2, 0.25) is 0 Å². The quantitative estimate of drug-likeness (QED) is 0.538. The number of nitrogens with two attached hydrogens (primary N) is 1. The van der Waals surface area contributed by atoms with Gasteiger partial charge < -0.3 is 5.73 Å². The fourth-order valence-electron chi connectivity index (χ4n) is 1.84. The molecule has 0 atom stereocenters. The first-order chi connectivity index (χ1) is 4.86. The minimum absolute atomic E-state index is 0.413. The van der Waals surface area contributed by atoms with Gasteiger partial charge in [0.1, 0.15) is 0 Å². The summed E-state index contributed by atoms with van der Waals surface area (Å²) in [6, 6.07) is 0.413. The highest BCUT2D eigenvalue weighted by Crippen LogP contribution is 2.32. The van der Waals surface area contributed by atoms with E-state index in [4.69, 9.17) is 5.73 Å². The van der Waals surface area contributed by atoms with Crippen LogP contribution in [0.4, 0.5) is 0 Å². The molecule has 1 heteroatoms. The topological polar surface area (TPSA) is 26.0 Å². The lowest BCUT2D eigenvalue weighted by atomic mass is 10.0. The summed E-state index contributed by atoms with van der Waals surface area (Å²) in [5.41, 5.74) is 8.87. The van der Waals surface area contributed by atoms with Crippen molar-refractivity contribution in [3.8, 4) is 0 Å². The van der Waals surface area contributed by atoms with Crippen molar-refractivity contribution in [2.75, 3.05) is 0 Å². The Labute approximate surface area is 61.6 Å². The molecular weight excluding hydrogens is 122 g/mol. The molecule has 54 valence electrons.